The van der Waals surface area contributed by atoms with Crippen molar-refractivity contribution in [2.45, 2.75) is 13.1 Å². The summed E-state index contributed by atoms with van der Waals surface area (Å²) in [6, 6.07) is 3.75. The van der Waals surface area contributed by atoms with Gasteiger partial charge in [-0.2, -0.15) is 13.2 Å². The fraction of sp³-hybridized carbons (Fsp3) is 0.231. The molecule has 0 atom stereocenters. The van der Waals surface area contributed by atoms with Crippen molar-refractivity contribution in [3.05, 3.63) is 41.7 Å². The minimum atomic E-state index is -4.40. The summed E-state index contributed by atoms with van der Waals surface area (Å²) in [5, 5.41) is 2.63. The molecule has 2 aromatic heterocycles. The molecule has 0 saturated heterocycles. The molecule has 100 valence electrons. The first-order valence-corrected chi connectivity index (χ1v) is 5.59. The Kier molecular flexibility index (Phi) is 3.42. The number of alkyl halides is 3. The van der Waals surface area contributed by atoms with Gasteiger partial charge in [0.2, 0.25) is 0 Å². The summed E-state index contributed by atoms with van der Waals surface area (Å²) in [5.41, 5.74) is 0.934. The SMILES string of the molecule is CNc1cc(C(F)(F)F)cc(-c2cncc(C)c2)n1. The predicted octanol–water partition coefficient (Wildman–Crippen LogP) is 3.51. The van der Waals surface area contributed by atoms with Crippen molar-refractivity contribution in [2.24, 2.45) is 0 Å². The van der Waals surface area contributed by atoms with E-state index in [4.69, 9.17) is 0 Å². The molecule has 2 aromatic rings. The first-order chi connectivity index (χ1) is 8.90. The van der Waals surface area contributed by atoms with Crippen LogP contribution in [0.25, 0.3) is 11.3 Å². The second-order valence-electron chi connectivity index (χ2n) is 4.13. The Morgan fingerprint density at radius 3 is 2.42 bits per heavy atom. The maximum Gasteiger partial charge on any atom is 0.416 e. The third-order valence-electron chi connectivity index (χ3n) is 2.58. The van der Waals surface area contributed by atoms with Crippen molar-refractivity contribution in [2.75, 3.05) is 12.4 Å². The van der Waals surface area contributed by atoms with E-state index < -0.39 is 11.7 Å². The molecular weight excluding hydrogens is 255 g/mol. The topological polar surface area (TPSA) is 37.8 Å². The van der Waals surface area contributed by atoms with E-state index in [-0.39, 0.29) is 11.5 Å². The minimum absolute atomic E-state index is 0.173. The Hall–Kier alpha value is -2.11. The molecule has 2 rings (SSSR count). The van der Waals surface area contributed by atoms with Crippen molar-refractivity contribution in [1.29, 1.82) is 0 Å². The summed E-state index contributed by atoms with van der Waals surface area (Å²) in [6.07, 6.45) is -1.27. The zero-order chi connectivity index (χ0) is 14.0. The first kappa shape index (κ1) is 13.3. The summed E-state index contributed by atoms with van der Waals surface area (Å²) in [5.74, 6) is 0.173. The molecule has 0 spiro atoms. The van der Waals surface area contributed by atoms with Crippen LogP contribution >= 0.6 is 0 Å². The average molecular weight is 267 g/mol. The number of halogens is 3. The molecule has 0 radical (unpaired) electrons. The number of nitrogens with zero attached hydrogens (tertiary/aromatic N) is 2. The molecule has 0 aliphatic heterocycles. The van der Waals surface area contributed by atoms with Crippen LogP contribution in [0.2, 0.25) is 0 Å². The van der Waals surface area contributed by atoms with E-state index >= 15 is 0 Å². The molecule has 0 fully saturated rings. The highest BCUT2D eigenvalue weighted by Gasteiger charge is 2.31. The van der Waals surface area contributed by atoms with Gasteiger partial charge in [0.25, 0.3) is 0 Å². The second kappa shape index (κ2) is 4.87. The molecule has 0 bridgehead atoms. The van der Waals surface area contributed by atoms with Crippen molar-refractivity contribution in [3.8, 4) is 11.3 Å². The Labute approximate surface area is 108 Å². The Balaban J connectivity index is 2.57. The maximum absolute atomic E-state index is 12.8. The maximum atomic E-state index is 12.8. The normalized spacial score (nSPS) is 11.4. The van der Waals surface area contributed by atoms with Crippen LogP contribution in [0.4, 0.5) is 19.0 Å². The van der Waals surface area contributed by atoms with E-state index in [9.17, 15) is 13.2 Å². The van der Waals surface area contributed by atoms with Crippen LogP contribution in [-0.2, 0) is 6.18 Å². The van der Waals surface area contributed by atoms with Gasteiger partial charge in [0.05, 0.1) is 11.3 Å². The predicted molar refractivity (Wildman–Crippen MR) is 66.8 cm³/mol. The van der Waals surface area contributed by atoms with Gasteiger partial charge in [0.15, 0.2) is 0 Å². The second-order valence-corrected chi connectivity index (χ2v) is 4.13. The lowest BCUT2D eigenvalue weighted by atomic mass is 10.1. The number of pyridine rings is 2. The van der Waals surface area contributed by atoms with Crippen LogP contribution in [-0.4, -0.2) is 17.0 Å². The van der Waals surface area contributed by atoms with Crippen LogP contribution in [0.15, 0.2) is 30.6 Å². The number of rotatable bonds is 2. The lowest BCUT2D eigenvalue weighted by Crippen LogP contribution is -2.07. The zero-order valence-corrected chi connectivity index (χ0v) is 10.4. The number of nitrogens with one attached hydrogen (secondary N) is 1. The van der Waals surface area contributed by atoms with Gasteiger partial charge in [0.1, 0.15) is 5.82 Å². The summed E-state index contributed by atoms with van der Waals surface area (Å²) in [4.78, 5) is 8.09. The standard InChI is InChI=1S/C13H12F3N3/c1-8-3-9(7-18-6-8)11-4-10(13(14,15)16)5-12(17-2)19-11/h3-7H,1-2H3,(H,17,19). The molecular formula is C13H12F3N3. The van der Waals surface area contributed by atoms with Crippen LogP contribution < -0.4 is 5.32 Å². The van der Waals surface area contributed by atoms with Crippen molar-refractivity contribution in [1.82, 2.24) is 9.97 Å². The lowest BCUT2D eigenvalue weighted by molar-refractivity contribution is -0.137. The third-order valence-corrected chi connectivity index (χ3v) is 2.58. The minimum Gasteiger partial charge on any atom is -0.373 e. The monoisotopic (exact) mass is 267 g/mol. The van der Waals surface area contributed by atoms with Gasteiger partial charge in [-0.3, -0.25) is 4.98 Å². The van der Waals surface area contributed by atoms with Gasteiger partial charge in [-0.15, -0.1) is 0 Å². The van der Waals surface area contributed by atoms with E-state index in [2.05, 4.69) is 15.3 Å². The van der Waals surface area contributed by atoms with Crippen LogP contribution in [0, 0.1) is 6.92 Å². The fourth-order valence-electron chi connectivity index (χ4n) is 1.67. The molecule has 0 saturated carbocycles. The molecule has 0 amide bonds. The Morgan fingerprint density at radius 2 is 1.84 bits per heavy atom. The number of aryl methyl sites for hydroxylation is 1. The van der Waals surface area contributed by atoms with Gasteiger partial charge < -0.3 is 5.32 Å². The Bertz CT molecular complexity index is 594. The van der Waals surface area contributed by atoms with Crippen LogP contribution in [0.5, 0.6) is 0 Å². The molecule has 0 aliphatic rings. The van der Waals surface area contributed by atoms with E-state index in [1.54, 1.807) is 12.3 Å². The highest BCUT2D eigenvalue weighted by Crippen LogP contribution is 2.33. The average Bonchev–Trinajstić information content (AvgIpc) is 2.37. The molecule has 6 heteroatoms. The molecule has 2 heterocycles. The lowest BCUT2D eigenvalue weighted by Gasteiger charge is -2.11. The highest BCUT2D eigenvalue weighted by atomic mass is 19.4. The first-order valence-electron chi connectivity index (χ1n) is 5.59. The van der Waals surface area contributed by atoms with Gasteiger partial charge in [0, 0.05) is 25.0 Å². The smallest absolute Gasteiger partial charge is 0.373 e. The van der Waals surface area contributed by atoms with E-state index in [0.717, 1.165) is 17.7 Å². The van der Waals surface area contributed by atoms with E-state index in [0.29, 0.717) is 5.56 Å². The largest absolute Gasteiger partial charge is 0.416 e. The Morgan fingerprint density at radius 1 is 1.11 bits per heavy atom. The highest BCUT2D eigenvalue weighted by molar-refractivity contribution is 5.62. The fourth-order valence-corrected chi connectivity index (χ4v) is 1.67. The summed E-state index contributed by atoms with van der Waals surface area (Å²) >= 11 is 0. The summed E-state index contributed by atoms with van der Waals surface area (Å²) in [7, 11) is 1.53. The number of hydrogen-bond acceptors (Lipinski definition) is 3. The summed E-state index contributed by atoms with van der Waals surface area (Å²) < 4.78 is 38.4. The number of aromatic nitrogens is 2. The molecule has 19 heavy (non-hydrogen) atoms. The number of anilines is 1. The van der Waals surface area contributed by atoms with Gasteiger partial charge in [-0.1, -0.05) is 0 Å². The molecule has 0 aromatic carbocycles. The molecule has 0 unspecified atom stereocenters. The molecule has 1 N–H and O–H groups in total. The van der Waals surface area contributed by atoms with E-state index in [1.807, 2.05) is 6.92 Å². The van der Waals surface area contributed by atoms with Crippen molar-refractivity contribution < 1.29 is 13.2 Å². The summed E-state index contributed by atoms with van der Waals surface area (Å²) in [6.45, 7) is 1.82. The molecule has 3 nitrogen and oxygen atoms in total. The molecule has 0 aliphatic carbocycles. The quantitative estimate of drug-likeness (QED) is 0.904. The van der Waals surface area contributed by atoms with Gasteiger partial charge in [-0.05, 0) is 30.7 Å². The van der Waals surface area contributed by atoms with Crippen molar-refractivity contribution in [3.63, 3.8) is 0 Å². The van der Waals surface area contributed by atoms with Crippen molar-refractivity contribution >= 4 is 5.82 Å². The van der Waals surface area contributed by atoms with Crippen LogP contribution in [0.3, 0.4) is 0 Å². The zero-order valence-electron chi connectivity index (χ0n) is 10.4. The van der Waals surface area contributed by atoms with Crippen LogP contribution in [0.1, 0.15) is 11.1 Å². The van der Waals surface area contributed by atoms with Gasteiger partial charge in [-0.25, -0.2) is 4.98 Å². The van der Waals surface area contributed by atoms with E-state index in [1.165, 1.54) is 13.2 Å². The van der Waals surface area contributed by atoms with Gasteiger partial charge >= 0.3 is 6.18 Å². The third kappa shape index (κ3) is 3.01. The number of hydrogen-bond donors (Lipinski definition) is 1.